The molecule has 4 rings (SSSR count). The maximum Gasteiger partial charge on any atom is 0.243 e. The van der Waals surface area contributed by atoms with Gasteiger partial charge in [0.05, 0.1) is 17.9 Å². The summed E-state index contributed by atoms with van der Waals surface area (Å²) in [6.45, 7) is 4.80. The van der Waals surface area contributed by atoms with E-state index < -0.39 is 10.0 Å². The average Bonchev–Trinajstić information content (AvgIpc) is 2.97. The van der Waals surface area contributed by atoms with Crippen LogP contribution in [0.2, 0.25) is 5.02 Å². The van der Waals surface area contributed by atoms with Gasteiger partial charge in [0.2, 0.25) is 21.8 Å². The number of nitrogens with zero attached hydrogens (tertiary/aromatic N) is 3. The minimum atomic E-state index is -3.98. The summed E-state index contributed by atoms with van der Waals surface area (Å²) in [5, 5.41) is 0.416. The first-order valence-electron chi connectivity index (χ1n) is 14.1. The van der Waals surface area contributed by atoms with E-state index >= 15 is 0 Å². The van der Waals surface area contributed by atoms with Gasteiger partial charge in [-0.05, 0) is 66.3 Å². The molecule has 7 nitrogen and oxygen atoms in total. The lowest BCUT2D eigenvalue weighted by Gasteiger charge is -2.39. The van der Waals surface area contributed by atoms with Crippen LogP contribution in [0.1, 0.15) is 37.8 Å². The number of amides is 2. The number of benzene rings is 3. The van der Waals surface area contributed by atoms with Crippen LogP contribution in [-0.2, 0) is 32.6 Å². The van der Waals surface area contributed by atoms with Gasteiger partial charge in [-0.15, -0.1) is 0 Å². The summed E-state index contributed by atoms with van der Waals surface area (Å²) in [6, 6.07) is 21.2. The van der Waals surface area contributed by atoms with Gasteiger partial charge in [-0.25, -0.2) is 12.8 Å². The van der Waals surface area contributed by atoms with E-state index in [1.165, 1.54) is 40.7 Å². The third-order valence-corrected chi connectivity index (χ3v) is 9.45. The molecule has 224 valence electrons. The molecule has 1 aliphatic rings. The largest absolute Gasteiger partial charge is 0.342 e. The van der Waals surface area contributed by atoms with Gasteiger partial charge in [0.1, 0.15) is 5.82 Å². The second-order valence-electron chi connectivity index (χ2n) is 11.1. The number of carbonyl (C=O) groups is 2. The number of likely N-dealkylation sites (tertiary alicyclic amines) is 1. The van der Waals surface area contributed by atoms with E-state index in [1.807, 2.05) is 49.1 Å². The summed E-state index contributed by atoms with van der Waals surface area (Å²) < 4.78 is 42.1. The maximum atomic E-state index is 13.9. The molecule has 0 atom stereocenters. The van der Waals surface area contributed by atoms with Gasteiger partial charge >= 0.3 is 0 Å². The summed E-state index contributed by atoms with van der Waals surface area (Å²) in [7, 11) is -3.98. The van der Waals surface area contributed by atoms with E-state index in [9.17, 15) is 22.4 Å². The fourth-order valence-corrected chi connectivity index (χ4v) is 6.85. The molecular weight excluding hydrogens is 577 g/mol. The summed E-state index contributed by atoms with van der Waals surface area (Å²) in [5.41, 5.74) is 1.69. The molecule has 1 fully saturated rings. The minimum Gasteiger partial charge on any atom is -0.342 e. The van der Waals surface area contributed by atoms with Gasteiger partial charge in [0.15, 0.2) is 0 Å². The fraction of sp³-hybridized carbons (Fsp3) is 0.375. The van der Waals surface area contributed by atoms with Crippen LogP contribution in [0, 0.1) is 11.7 Å². The summed E-state index contributed by atoms with van der Waals surface area (Å²) in [4.78, 5) is 30.5. The Hall–Kier alpha value is -3.27. The van der Waals surface area contributed by atoms with Crippen molar-refractivity contribution in [1.82, 2.24) is 14.1 Å². The molecule has 3 aromatic carbocycles. The van der Waals surface area contributed by atoms with Crippen molar-refractivity contribution < 1.29 is 22.4 Å². The Labute approximate surface area is 252 Å². The molecule has 0 N–H and O–H groups in total. The van der Waals surface area contributed by atoms with Gasteiger partial charge in [-0.1, -0.05) is 67.9 Å². The topological polar surface area (TPSA) is 78.0 Å². The molecule has 0 saturated carbocycles. The van der Waals surface area contributed by atoms with Gasteiger partial charge in [0, 0.05) is 37.2 Å². The third kappa shape index (κ3) is 8.40. The minimum absolute atomic E-state index is 0.0238. The SMILES string of the molecule is CC(C)CN(CC(=O)N(Cc1ccc(F)cc1)C1CCN(C(=O)Cc2ccccc2)CC1)S(=O)(=O)c1ccc(Cl)cc1. The monoisotopic (exact) mass is 613 g/mol. The number of hydrogen-bond donors (Lipinski definition) is 0. The van der Waals surface area contributed by atoms with Crippen LogP contribution >= 0.6 is 11.6 Å². The zero-order valence-electron chi connectivity index (χ0n) is 24.0. The van der Waals surface area contributed by atoms with Crippen molar-refractivity contribution >= 4 is 33.4 Å². The molecule has 1 saturated heterocycles. The highest BCUT2D eigenvalue weighted by Gasteiger charge is 2.33. The lowest BCUT2D eigenvalue weighted by atomic mass is 10.0. The van der Waals surface area contributed by atoms with E-state index in [2.05, 4.69) is 0 Å². The maximum absolute atomic E-state index is 13.9. The first-order valence-corrected chi connectivity index (χ1v) is 16.0. The molecule has 0 radical (unpaired) electrons. The number of piperidine rings is 1. The zero-order valence-corrected chi connectivity index (χ0v) is 25.5. The quantitative estimate of drug-likeness (QED) is 0.291. The number of carbonyl (C=O) groups excluding carboxylic acids is 2. The van der Waals surface area contributed by atoms with Crippen molar-refractivity contribution in [3.8, 4) is 0 Å². The molecule has 2 amide bonds. The molecule has 10 heteroatoms. The van der Waals surface area contributed by atoms with Crippen LogP contribution in [0.15, 0.2) is 83.8 Å². The van der Waals surface area contributed by atoms with Gasteiger partial charge in [-0.3, -0.25) is 9.59 Å². The van der Waals surface area contributed by atoms with Crippen LogP contribution in [0.3, 0.4) is 0 Å². The molecular formula is C32H37ClFN3O4S. The average molecular weight is 614 g/mol. The third-order valence-electron chi connectivity index (χ3n) is 7.37. The number of halogens is 2. The van der Waals surface area contributed by atoms with Crippen molar-refractivity contribution in [2.75, 3.05) is 26.2 Å². The molecule has 1 aliphatic heterocycles. The van der Waals surface area contributed by atoms with Gasteiger partial charge < -0.3 is 9.80 Å². The lowest BCUT2D eigenvalue weighted by molar-refractivity contribution is -0.137. The van der Waals surface area contributed by atoms with Crippen molar-refractivity contribution in [2.24, 2.45) is 5.92 Å². The standard InChI is InChI=1S/C32H37ClFN3O4S/c1-24(2)21-36(42(40,41)30-14-10-27(33)11-15-30)23-32(39)37(22-26-8-12-28(34)13-9-26)29-16-18-35(19-17-29)31(38)20-25-6-4-3-5-7-25/h3-15,24,29H,16-23H2,1-2H3. The zero-order chi connectivity index (χ0) is 30.3. The smallest absolute Gasteiger partial charge is 0.243 e. The van der Waals surface area contributed by atoms with Crippen LogP contribution in [0.4, 0.5) is 4.39 Å². The molecule has 0 bridgehead atoms. The molecule has 0 spiro atoms. The summed E-state index contributed by atoms with van der Waals surface area (Å²) in [5.74, 6) is -0.705. The molecule has 0 aromatic heterocycles. The molecule has 3 aromatic rings. The molecule has 0 unspecified atom stereocenters. The van der Waals surface area contributed by atoms with Crippen molar-refractivity contribution in [1.29, 1.82) is 0 Å². The van der Waals surface area contributed by atoms with Crippen molar-refractivity contribution in [3.05, 3.63) is 101 Å². The van der Waals surface area contributed by atoms with Crippen LogP contribution < -0.4 is 0 Å². The summed E-state index contributed by atoms with van der Waals surface area (Å²) in [6.07, 6.45) is 1.43. The second kappa shape index (κ2) is 14.3. The van der Waals surface area contributed by atoms with E-state index in [1.54, 1.807) is 17.0 Å². The summed E-state index contributed by atoms with van der Waals surface area (Å²) >= 11 is 5.98. The first kappa shape index (κ1) is 31.7. The van der Waals surface area contributed by atoms with E-state index in [-0.39, 0.29) is 54.1 Å². The highest BCUT2D eigenvalue weighted by molar-refractivity contribution is 7.89. The predicted molar refractivity (Wildman–Crippen MR) is 162 cm³/mol. The van der Waals surface area contributed by atoms with E-state index in [0.717, 1.165) is 11.1 Å². The van der Waals surface area contributed by atoms with Crippen LogP contribution in [-0.4, -0.2) is 66.6 Å². The Bertz CT molecular complexity index is 1440. The first-order chi connectivity index (χ1) is 20.0. The highest BCUT2D eigenvalue weighted by Crippen LogP contribution is 2.24. The number of hydrogen-bond acceptors (Lipinski definition) is 4. The van der Waals surface area contributed by atoms with E-state index in [0.29, 0.717) is 37.4 Å². The Balaban J connectivity index is 1.52. The van der Waals surface area contributed by atoms with Crippen LogP contribution in [0.5, 0.6) is 0 Å². The van der Waals surface area contributed by atoms with Crippen molar-refractivity contribution in [3.63, 3.8) is 0 Å². The van der Waals surface area contributed by atoms with Crippen LogP contribution in [0.25, 0.3) is 0 Å². The Morgan fingerprint density at radius 1 is 0.929 bits per heavy atom. The lowest BCUT2D eigenvalue weighted by Crippen LogP contribution is -2.51. The fourth-order valence-electron chi connectivity index (χ4n) is 5.17. The highest BCUT2D eigenvalue weighted by atomic mass is 35.5. The van der Waals surface area contributed by atoms with Gasteiger partial charge in [0.25, 0.3) is 0 Å². The Morgan fingerprint density at radius 2 is 1.55 bits per heavy atom. The normalized spacial score (nSPS) is 14.4. The second-order valence-corrected chi connectivity index (χ2v) is 13.4. The molecule has 1 heterocycles. The number of sulfonamides is 1. The predicted octanol–water partition coefficient (Wildman–Crippen LogP) is 5.39. The van der Waals surface area contributed by atoms with Crippen molar-refractivity contribution in [2.45, 2.75) is 50.6 Å². The Kier molecular flexibility index (Phi) is 10.8. The number of rotatable bonds is 11. The van der Waals surface area contributed by atoms with E-state index in [4.69, 9.17) is 11.6 Å². The molecule has 0 aliphatic carbocycles. The van der Waals surface area contributed by atoms with Gasteiger partial charge in [-0.2, -0.15) is 4.31 Å². The Morgan fingerprint density at radius 3 is 2.14 bits per heavy atom. The molecule has 42 heavy (non-hydrogen) atoms.